The fourth-order valence-electron chi connectivity index (χ4n) is 2.73. The monoisotopic (exact) mass is 286 g/mol. The quantitative estimate of drug-likeness (QED) is 0.746. The molecule has 2 aromatic rings. The van der Waals surface area contributed by atoms with Gasteiger partial charge < -0.3 is 9.31 Å². The van der Waals surface area contributed by atoms with Crippen LogP contribution in [0, 0.1) is 12.7 Å². The Morgan fingerprint density at radius 2 is 1.57 bits per heavy atom. The van der Waals surface area contributed by atoms with Gasteiger partial charge in [-0.1, -0.05) is 24.3 Å². The first kappa shape index (κ1) is 14.5. The lowest BCUT2D eigenvalue weighted by atomic mass is 9.75. The van der Waals surface area contributed by atoms with Crippen LogP contribution in [0.1, 0.15) is 33.3 Å². The number of rotatable bonds is 1. The van der Waals surface area contributed by atoms with Crippen LogP contribution in [0.2, 0.25) is 0 Å². The van der Waals surface area contributed by atoms with E-state index in [1.54, 1.807) is 13.0 Å². The molecule has 1 fully saturated rings. The Labute approximate surface area is 125 Å². The summed E-state index contributed by atoms with van der Waals surface area (Å²) in [6.45, 7) is 9.88. The van der Waals surface area contributed by atoms with Crippen molar-refractivity contribution in [3.8, 4) is 0 Å². The summed E-state index contributed by atoms with van der Waals surface area (Å²) < 4.78 is 26.2. The van der Waals surface area contributed by atoms with Crippen LogP contribution in [-0.4, -0.2) is 18.3 Å². The lowest BCUT2D eigenvalue weighted by Crippen LogP contribution is -2.41. The smallest absolute Gasteiger partial charge is 0.399 e. The van der Waals surface area contributed by atoms with Gasteiger partial charge in [0.25, 0.3) is 0 Å². The molecular formula is C17H20BFO2. The second-order valence-electron chi connectivity index (χ2n) is 6.71. The molecule has 4 heteroatoms. The molecule has 0 spiro atoms. The van der Waals surface area contributed by atoms with Gasteiger partial charge in [-0.2, -0.15) is 0 Å². The van der Waals surface area contributed by atoms with E-state index in [4.69, 9.17) is 9.31 Å². The molecule has 0 aliphatic carbocycles. The molecule has 1 aliphatic rings. The summed E-state index contributed by atoms with van der Waals surface area (Å²) in [6, 6.07) is 9.20. The number of hydrogen-bond acceptors (Lipinski definition) is 2. The predicted octanol–water partition coefficient (Wildman–Crippen LogP) is 3.59. The summed E-state index contributed by atoms with van der Waals surface area (Å²) in [5.41, 5.74) is 0.725. The Morgan fingerprint density at radius 3 is 2.19 bits per heavy atom. The molecule has 0 radical (unpaired) electrons. The molecule has 0 unspecified atom stereocenters. The van der Waals surface area contributed by atoms with Gasteiger partial charge in [0.2, 0.25) is 0 Å². The van der Waals surface area contributed by atoms with Gasteiger partial charge in [0, 0.05) is 0 Å². The van der Waals surface area contributed by atoms with E-state index in [0.717, 1.165) is 16.2 Å². The topological polar surface area (TPSA) is 18.5 Å². The molecule has 110 valence electrons. The number of benzene rings is 2. The minimum atomic E-state index is -0.473. The van der Waals surface area contributed by atoms with Gasteiger partial charge in [-0.05, 0) is 62.5 Å². The van der Waals surface area contributed by atoms with Crippen molar-refractivity contribution in [2.75, 3.05) is 0 Å². The largest absolute Gasteiger partial charge is 0.495 e. The second-order valence-corrected chi connectivity index (χ2v) is 6.71. The molecule has 1 heterocycles. The summed E-state index contributed by atoms with van der Waals surface area (Å²) >= 11 is 0. The van der Waals surface area contributed by atoms with Crippen LogP contribution in [0.5, 0.6) is 0 Å². The molecule has 0 amide bonds. The van der Waals surface area contributed by atoms with Crippen LogP contribution >= 0.6 is 0 Å². The van der Waals surface area contributed by atoms with Gasteiger partial charge in [0.1, 0.15) is 5.82 Å². The van der Waals surface area contributed by atoms with E-state index in [9.17, 15) is 4.39 Å². The molecule has 0 bridgehead atoms. The van der Waals surface area contributed by atoms with Crippen molar-refractivity contribution < 1.29 is 13.7 Å². The zero-order valence-electron chi connectivity index (χ0n) is 13.2. The first-order chi connectivity index (χ1) is 9.73. The Hall–Kier alpha value is -1.39. The summed E-state index contributed by atoms with van der Waals surface area (Å²) in [5, 5.41) is 1.89. The second kappa shape index (κ2) is 4.55. The van der Waals surface area contributed by atoms with Gasteiger partial charge in [-0.3, -0.25) is 0 Å². The number of aryl methyl sites for hydroxylation is 1. The zero-order valence-corrected chi connectivity index (χ0v) is 13.2. The molecular weight excluding hydrogens is 266 g/mol. The maximum Gasteiger partial charge on any atom is 0.495 e. The van der Waals surface area contributed by atoms with Crippen LogP contribution < -0.4 is 5.46 Å². The Bertz CT molecular complexity index is 693. The number of halogens is 1. The van der Waals surface area contributed by atoms with Crippen LogP contribution in [0.3, 0.4) is 0 Å². The van der Waals surface area contributed by atoms with E-state index >= 15 is 0 Å². The van der Waals surface area contributed by atoms with Crippen molar-refractivity contribution in [1.82, 2.24) is 0 Å². The van der Waals surface area contributed by atoms with Crippen molar-refractivity contribution in [3.05, 3.63) is 41.7 Å². The molecule has 2 nitrogen and oxygen atoms in total. The Morgan fingerprint density at radius 1 is 0.952 bits per heavy atom. The van der Waals surface area contributed by atoms with Crippen molar-refractivity contribution in [2.45, 2.75) is 45.8 Å². The van der Waals surface area contributed by atoms with Gasteiger partial charge in [0.15, 0.2) is 0 Å². The summed E-state index contributed by atoms with van der Waals surface area (Å²) in [5.74, 6) is -0.202. The fraction of sp³-hybridized carbons (Fsp3) is 0.412. The van der Waals surface area contributed by atoms with Crippen molar-refractivity contribution >= 4 is 23.4 Å². The highest BCUT2D eigenvalue weighted by Gasteiger charge is 2.52. The molecule has 3 rings (SSSR count). The fourth-order valence-corrected chi connectivity index (χ4v) is 2.73. The van der Waals surface area contributed by atoms with Gasteiger partial charge in [0.05, 0.1) is 11.2 Å². The molecule has 2 aromatic carbocycles. The molecule has 0 aromatic heterocycles. The minimum absolute atomic E-state index is 0.202. The highest BCUT2D eigenvalue weighted by Crippen LogP contribution is 2.37. The highest BCUT2D eigenvalue weighted by molar-refractivity contribution is 6.65. The van der Waals surface area contributed by atoms with E-state index < -0.39 is 18.3 Å². The molecule has 21 heavy (non-hydrogen) atoms. The third kappa shape index (κ3) is 2.17. The van der Waals surface area contributed by atoms with Crippen molar-refractivity contribution in [1.29, 1.82) is 0 Å². The average molecular weight is 286 g/mol. The van der Waals surface area contributed by atoms with Crippen LogP contribution in [-0.2, 0) is 9.31 Å². The lowest BCUT2D eigenvalue weighted by Gasteiger charge is -2.32. The number of fused-ring (bicyclic) bond motifs is 1. The van der Waals surface area contributed by atoms with E-state index in [1.165, 1.54) is 6.07 Å². The molecule has 0 saturated carbocycles. The first-order valence-corrected chi connectivity index (χ1v) is 7.26. The van der Waals surface area contributed by atoms with E-state index in [1.807, 2.05) is 45.9 Å². The first-order valence-electron chi connectivity index (χ1n) is 7.26. The van der Waals surface area contributed by atoms with Crippen LogP contribution in [0.25, 0.3) is 10.8 Å². The minimum Gasteiger partial charge on any atom is -0.399 e. The molecule has 0 atom stereocenters. The lowest BCUT2D eigenvalue weighted by molar-refractivity contribution is 0.00578. The van der Waals surface area contributed by atoms with Crippen LogP contribution in [0.15, 0.2) is 30.3 Å². The third-order valence-electron chi connectivity index (χ3n) is 4.78. The highest BCUT2D eigenvalue weighted by atomic mass is 19.1. The van der Waals surface area contributed by atoms with Gasteiger partial charge in [-0.15, -0.1) is 0 Å². The SMILES string of the molecule is Cc1c(F)ccc2cccc(B3OC(C)(C)C(C)(C)O3)c12. The van der Waals surface area contributed by atoms with Gasteiger partial charge in [-0.25, -0.2) is 4.39 Å². The number of hydrogen-bond donors (Lipinski definition) is 0. The predicted molar refractivity (Wildman–Crippen MR) is 84.4 cm³/mol. The molecule has 0 N–H and O–H groups in total. The van der Waals surface area contributed by atoms with Crippen LogP contribution in [0.4, 0.5) is 4.39 Å². The zero-order chi connectivity index (χ0) is 15.4. The van der Waals surface area contributed by atoms with Crippen molar-refractivity contribution in [3.63, 3.8) is 0 Å². The maximum atomic E-state index is 13.9. The molecule has 1 saturated heterocycles. The van der Waals surface area contributed by atoms with E-state index in [2.05, 4.69) is 0 Å². The molecule has 1 aliphatic heterocycles. The summed E-state index contributed by atoms with van der Waals surface area (Å²) in [6.07, 6.45) is 0. The third-order valence-corrected chi connectivity index (χ3v) is 4.78. The normalized spacial score (nSPS) is 20.2. The van der Waals surface area contributed by atoms with E-state index in [0.29, 0.717) is 5.56 Å². The van der Waals surface area contributed by atoms with Crippen molar-refractivity contribution in [2.24, 2.45) is 0 Å². The van der Waals surface area contributed by atoms with E-state index in [-0.39, 0.29) is 5.82 Å². The average Bonchev–Trinajstić information content (AvgIpc) is 2.62. The summed E-state index contributed by atoms with van der Waals surface area (Å²) in [4.78, 5) is 0. The Kier molecular flexibility index (Phi) is 3.15. The van der Waals surface area contributed by atoms with Gasteiger partial charge >= 0.3 is 7.12 Å². The standard InChI is InChI=1S/C17H20BFO2/c1-11-14(19)10-9-12-7-6-8-13(15(11)12)18-20-16(2,3)17(4,5)21-18/h6-10H,1-5H3. The summed E-state index contributed by atoms with van der Waals surface area (Å²) in [7, 11) is -0.473. The maximum absolute atomic E-state index is 13.9. The Balaban J connectivity index is 2.17.